The van der Waals surface area contributed by atoms with Gasteiger partial charge in [-0.05, 0) is 28.1 Å². The molecule has 0 amide bonds. The molecule has 84 valence electrons. The normalized spacial score (nSPS) is 9.50. The van der Waals surface area contributed by atoms with Crippen LogP contribution in [-0.4, -0.2) is 10.9 Å². The van der Waals surface area contributed by atoms with Crippen molar-refractivity contribution in [2.75, 3.05) is 5.75 Å². The summed E-state index contributed by atoms with van der Waals surface area (Å²) in [5.41, 5.74) is 0.252. The van der Waals surface area contributed by atoms with Gasteiger partial charge in [0.05, 0.1) is 10.2 Å². The van der Waals surface area contributed by atoms with Crippen LogP contribution < -0.4 is 0 Å². The van der Waals surface area contributed by atoms with Gasteiger partial charge < -0.3 is 0 Å². The first-order chi connectivity index (χ1) is 7.50. The molecule has 0 saturated heterocycles. The van der Waals surface area contributed by atoms with Crippen molar-refractivity contribution < 1.29 is 13.6 Å². The molecule has 0 bridgehead atoms. The molecule has 16 heavy (non-hydrogen) atoms. The topological polar surface area (TPSA) is 17.1 Å². The molecule has 0 radical (unpaired) electrons. The predicted octanol–water partition coefficient (Wildman–Crippen LogP) is 3.36. The van der Waals surface area contributed by atoms with Crippen molar-refractivity contribution in [2.24, 2.45) is 0 Å². The van der Waals surface area contributed by atoms with Gasteiger partial charge in [0.2, 0.25) is 0 Å². The summed E-state index contributed by atoms with van der Waals surface area (Å²) in [6.45, 7) is 1.44. The molecular weight excluding hydrogens is 298 g/mol. The Balaban J connectivity index is 2.78. The maximum Gasteiger partial charge on any atom is 0.186 e. The van der Waals surface area contributed by atoms with Crippen LogP contribution in [0, 0.1) is 23.5 Å². The molecule has 0 saturated carbocycles. The number of carbonyl (C=O) groups is 1. The number of carbonyl (C=O) groups excluding carboxylic acids is 1. The highest BCUT2D eigenvalue weighted by Crippen LogP contribution is 2.20. The summed E-state index contributed by atoms with van der Waals surface area (Å²) in [6, 6.07) is 2.27. The number of thioether (sulfide) groups is 1. The zero-order chi connectivity index (χ0) is 12.1. The Morgan fingerprint density at radius 2 is 2.00 bits per heavy atom. The summed E-state index contributed by atoms with van der Waals surface area (Å²) in [5.74, 6) is 4.17. The lowest BCUT2D eigenvalue weighted by atomic mass is 10.2. The first-order valence-electron chi connectivity index (χ1n) is 4.27. The van der Waals surface area contributed by atoms with Gasteiger partial charge in [0.25, 0.3) is 0 Å². The van der Waals surface area contributed by atoms with Gasteiger partial charge in [0.1, 0.15) is 11.6 Å². The highest BCUT2D eigenvalue weighted by molar-refractivity contribution is 9.10. The number of hydrogen-bond donors (Lipinski definition) is 0. The minimum Gasteiger partial charge on any atom is -0.288 e. The average Bonchev–Trinajstić information content (AvgIpc) is 2.20. The van der Waals surface area contributed by atoms with Crippen molar-refractivity contribution in [3.05, 3.63) is 33.8 Å². The third kappa shape index (κ3) is 3.95. The fraction of sp³-hybridized carbons (Fsp3) is 0.182. The zero-order valence-electron chi connectivity index (χ0n) is 8.31. The van der Waals surface area contributed by atoms with Crippen LogP contribution in [-0.2, 0) is 4.79 Å². The molecule has 0 spiro atoms. The van der Waals surface area contributed by atoms with Gasteiger partial charge >= 0.3 is 0 Å². The van der Waals surface area contributed by atoms with Crippen molar-refractivity contribution in [2.45, 2.75) is 6.92 Å². The average molecular weight is 305 g/mol. The molecule has 1 rings (SSSR count). The van der Waals surface area contributed by atoms with E-state index in [0.29, 0.717) is 5.75 Å². The van der Waals surface area contributed by atoms with Gasteiger partial charge in [-0.2, -0.15) is 0 Å². The zero-order valence-corrected chi connectivity index (χ0v) is 10.7. The second-order valence-electron chi connectivity index (χ2n) is 2.84. The maximum atomic E-state index is 13.1. The molecule has 5 heteroatoms. The van der Waals surface area contributed by atoms with E-state index in [4.69, 9.17) is 0 Å². The van der Waals surface area contributed by atoms with E-state index in [2.05, 4.69) is 27.8 Å². The fourth-order valence-corrected chi connectivity index (χ4v) is 1.48. The molecule has 0 fully saturated rings. The van der Waals surface area contributed by atoms with Gasteiger partial charge in [0.15, 0.2) is 5.12 Å². The quantitative estimate of drug-likeness (QED) is 0.584. The monoisotopic (exact) mass is 304 g/mol. The summed E-state index contributed by atoms with van der Waals surface area (Å²) in [6.07, 6.45) is 0. The maximum absolute atomic E-state index is 13.1. The Morgan fingerprint density at radius 3 is 2.50 bits per heavy atom. The van der Waals surface area contributed by atoms with Gasteiger partial charge in [-0.25, -0.2) is 8.78 Å². The molecule has 0 aliphatic heterocycles. The van der Waals surface area contributed by atoms with E-state index in [1.165, 1.54) is 6.92 Å². The highest BCUT2D eigenvalue weighted by atomic mass is 79.9. The van der Waals surface area contributed by atoms with Crippen LogP contribution in [0.15, 0.2) is 16.6 Å². The standard InChI is InChI=1S/C11H7BrF2OS/c1-7(15)16-4-2-3-8-5-9(13)11(12)10(14)6-8/h5-6H,4H2,1H3. The van der Waals surface area contributed by atoms with E-state index in [1.807, 2.05) is 0 Å². The second-order valence-corrected chi connectivity index (χ2v) is 4.78. The fourth-order valence-electron chi connectivity index (χ4n) is 0.904. The minimum atomic E-state index is -0.691. The van der Waals surface area contributed by atoms with E-state index >= 15 is 0 Å². The number of rotatable bonds is 1. The van der Waals surface area contributed by atoms with E-state index in [-0.39, 0.29) is 15.2 Å². The lowest BCUT2D eigenvalue weighted by Crippen LogP contribution is -1.87. The Kier molecular flexibility index (Phi) is 4.97. The first-order valence-corrected chi connectivity index (χ1v) is 6.05. The van der Waals surface area contributed by atoms with E-state index < -0.39 is 11.6 Å². The Labute approximate surface area is 105 Å². The Hall–Kier alpha value is -0.860. The second kappa shape index (κ2) is 6.02. The molecule has 0 N–H and O–H groups in total. The number of hydrogen-bond acceptors (Lipinski definition) is 2. The van der Waals surface area contributed by atoms with Crippen LogP contribution in [0.2, 0.25) is 0 Å². The van der Waals surface area contributed by atoms with E-state index in [9.17, 15) is 13.6 Å². The molecule has 0 heterocycles. The number of benzene rings is 1. The molecule has 1 nitrogen and oxygen atoms in total. The Bertz CT molecular complexity index is 454. The molecule has 1 aromatic rings. The van der Waals surface area contributed by atoms with Crippen molar-refractivity contribution in [1.82, 2.24) is 0 Å². The van der Waals surface area contributed by atoms with E-state index in [0.717, 1.165) is 23.9 Å². The third-order valence-electron chi connectivity index (χ3n) is 1.56. The van der Waals surface area contributed by atoms with Crippen LogP contribution in [0.1, 0.15) is 12.5 Å². The molecule has 0 aromatic heterocycles. The van der Waals surface area contributed by atoms with Gasteiger partial charge in [-0.3, -0.25) is 4.79 Å². The van der Waals surface area contributed by atoms with Crippen LogP contribution >= 0.6 is 27.7 Å². The lowest BCUT2D eigenvalue weighted by Gasteiger charge is -1.97. The SMILES string of the molecule is CC(=O)SCC#Cc1cc(F)c(Br)c(F)c1. The predicted molar refractivity (Wildman–Crippen MR) is 64.1 cm³/mol. The molecule has 0 atom stereocenters. The van der Waals surface area contributed by atoms with Crippen LogP contribution in [0.3, 0.4) is 0 Å². The van der Waals surface area contributed by atoms with Crippen molar-refractivity contribution >= 4 is 32.8 Å². The minimum absolute atomic E-state index is 0.0394. The highest BCUT2D eigenvalue weighted by Gasteiger charge is 2.06. The molecule has 1 aromatic carbocycles. The molecule has 0 unspecified atom stereocenters. The van der Waals surface area contributed by atoms with Gasteiger partial charge in [0, 0.05) is 12.5 Å². The summed E-state index contributed by atoms with van der Waals surface area (Å²) in [5, 5.41) is -0.0394. The number of halogens is 3. The summed E-state index contributed by atoms with van der Waals surface area (Å²) in [4.78, 5) is 10.6. The van der Waals surface area contributed by atoms with Crippen LogP contribution in [0.25, 0.3) is 0 Å². The van der Waals surface area contributed by atoms with Crippen molar-refractivity contribution in [3.63, 3.8) is 0 Å². The van der Waals surface area contributed by atoms with Gasteiger partial charge in [-0.1, -0.05) is 23.6 Å². The largest absolute Gasteiger partial charge is 0.288 e. The molecule has 0 aliphatic rings. The summed E-state index contributed by atoms with van der Waals surface area (Å²) in [7, 11) is 0. The Morgan fingerprint density at radius 1 is 1.44 bits per heavy atom. The van der Waals surface area contributed by atoms with Gasteiger partial charge in [-0.15, -0.1) is 0 Å². The molecule has 0 aliphatic carbocycles. The summed E-state index contributed by atoms with van der Waals surface area (Å²) < 4.78 is 25.9. The van der Waals surface area contributed by atoms with Crippen molar-refractivity contribution in [3.8, 4) is 11.8 Å². The van der Waals surface area contributed by atoms with Crippen molar-refractivity contribution in [1.29, 1.82) is 0 Å². The third-order valence-corrected chi connectivity index (χ3v) is 3.02. The van der Waals surface area contributed by atoms with Crippen LogP contribution in [0.4, 0.5) is 8.78 Å². The smallest absolute Gasteiger partial charge is 0.186 e. The molecular formula is C11H7BrF2OS. The first kappa shape index (κ1) is 13.2. The summed E-state index contributed by atoms with van der Waals surface area (Å²) >= 11 is 3.82. The lowest BCUT2D eigenvalue weighted by molar-refractivity contribution is -0.109. The van der Waals surface area contributed by atoms with E-state index in [1.54, 1.807) is 0 Å². The van der Waals surface area contributed by atoms with Crippen LogP contribution in [0.5, 0.6) is 0 Å².